The molecule has 1 unspecified atom stereocenters. The molecular formula is C14H26N2O6. The van der Waals surface area contributed by atoms with Gasteiger partial charge >= 0.3 is 12.1 Å². The number of hydrogen-bond donors (Lipinski definition) is 1. The Morgan fingerprint density at radius 2 is 1.86 bits per heavy atom. The molecule has 8 nitrogen and oxygen atoms in total. The average molecular weight is 318 g/mol. The Hall–Kier alpha value is -1.86. The molecule has 0 aliphatic carbocycles. The molecule has 0 saturated heterocycles. The second-order valence-corrected chi connectivity index (χ2v) is 6.28. The lowest BCUT2D eigenvalue weighted by Crippen LogP contribution is -2.38. The first-order valence-electron chi connectivity index (χ1n) is 7.19. The van der Waals surface area contributed by atoms with Crippen molar-refractivity contribution in [3.05, 3.63) is 10.1 Å². The van der Waals surface area contributed by atoms with Gasteiger partial charge in [-0.25, -0.2) is 4.79 Å². The molecule has 0 aliphatic rings. The van der Waals surface area contributed by atoms with Crippen LogP contribution in [0.2, 0.25) is 0 Å². The average Bonchev–Trinajstić information content (AvgIpc) is 2.35. The summed E-state index contributed by atoms with van der Waals surface area (Å²) in [6, 6.07) is 0. The predicted molar refractivity (Wildman–Crippen MR) is 80.1 cm³/mol. The molecule has 0 aromatic carbocycles. The minimum absolute atomic E-state index is 0.0586. The third-order valence-corrected chi connectivity index (χ3v) is 3.29. The summed E-state index contributed by atoms with van der Waals surface area (Å²) >= 11 is 0. The first-order chi connectivity index (χ1) is 10.0. The highest BCUT2D eigenvalue weighted by molar-refractivity contribution is 5.70. The zero-order chi connectivity index (χ0) is 17.4. The van der Waals surface area contributed by atoms with Crippen LogP contribution >= 0.6 is 0 Å². The van der Waals surface area contributed by atoms with Crippen LogP contribution in [0.25, 0.3) is 0 Å². The summed E-state index contributed by atoms with van der Waals surface area (Å²) in [4.78, 5) is 33.5. The van der Waals surface area contributed by atoms with Crippen LogP contribution < -0.4 is 5.32 Å². The smallest absolute Gasteiger partial charge is 0.407 e. The first kappa shape index (κ1) is 20.1. The van der Waals surface area contributed by atoms with E-state index in [0.29, 0.717) is 12.8 Å². The Labute approximate surface area is 130 Å². The van der Waals surface area contributed by atoms with E-state index in [1.54, 1.807) is 27.7 Å². The van der Waals surface area contributed by atoms with Gasteiger partial charge in [-0.2, -0.15) is 0 Å². The predicted octanol–water partition coefficient (Wildman–Crippen LogP) is 2.14. The monoisotopic (exact) mass is 318 g/mol. The van der Waals surface area contributed by atoms with Crippen molar-refractivity contribution in [1.29, 1.82) is 0 Å². The molecule has 0 fully saturated rings. The van der Waals surface area contributed by atoms with E-state index in [0.717, 1.165) is 0 Å². The van der Waals surface area contributed by atoms with Crippen molar-refractivity contribution in [2.45, 2.75) is 52.6 Å². The molecule has 0 aromatic rings. The number of methoxy groups -OCH3 is 1. The van der Waals surface area contributed by atoms with Gasteiger partial charge in [0.1, 0.15) is 5.60 Å². The van der Waals surface area contributed by atoms with E-state index < -0.39 is 28.0 Å². The summed E-state index contributed by atoms with van der Waals surface area (Å²) in [5.41, 5.74) is -1.45. The maximum atomic E-state index is 11.6. The number of alkyl carbamates (subject to hydrolysis) is 1. The zero-order valence-electron chi connectivity index (χ0n) is 13.9. The second kappa shape index (κ2) is 8.55. The SMILES string of the molecule is CCC(CCNC(=O)OC(C)(C)C)(CC(=O)OC)C[N+](=O)[O-]. The molecule has 0 saturated carbocycles. The van der Waals surface area contributed by atoms with Crippen LogP contribution in [-0.4, -0.2) is 42.8 Å². The number of ether oxygens (including phenoxy) is 2. The fraction of sp³-hybridized carbons (Fsp3) is 0.857. The van der Waals surface area contributed by atoms with Gasteiger partial charge < -0.3 is 14.8 Å². The van der Waals surface area contributed by atoms with Gasteiger partial charge in [-0.1, -0.05) is 6.92 Å². The lowest BCUT2D eigenvalue weighted by molar-refractivity contribution is -0.498. The number of rotatable bonds is 8. The highest BCUT2D eigenvalue weighted by Gasteiger charge is 2.36. The van der Waals surface area contributed by atoms with Crippen LogP contribution in [0.4, 0.5) is 4.79 Å². The third-order valence-electron chi connectivity index (χ3n) is 3.29. The third kappa shape index (κ3) is 8.43. The van der Waals surface area contributed by atoms with Crippen LogP contribution in [-0.2, 0) is 14.3 Å². The van der Waals surface area contributed by atoms with Crippen LogP contribution in [0.5, 0.6) is 0 Å². The Morgan fingerprint density at radius 1 is 1.27 bits per heavy atom. The molecular weight excluding hydrogens is 292 g/mol. The molecule has 0 aliphatic heterocycles. The second-order valence-electron chi connectivity index (χ2n) is 6.28. The van der Waals surface area contributed by atoms with Gasteiger partial charge in [-0.05, 0) is 33.6 Å². The van der Waals surface area contributed by atoms with Crippen molar-refractivity contribution in [2.24, 2.45) is 5.41 Å². The van der Waals surface area contributed by atoms with Crippen LogP contribution in [0.15, 0.2) is 0 Å². The number of carbonyl (C=O) groups excluding carboxylic acids is 2. The summed E-state index contributed by atoms with van der Waals surface area (Å²) in [5, 5.41) is 13.4. The highest BCUT2D eigenvalue weighted by atomic mass is 16.6. The normalized spacial score (nSPS) is 13.9. The number of esters is 1. The standard InChI is InChI=1S/C14H26N2O6/c1-6-14(10-16(19)20,9-11(17)21-5)7-8-15-12(18)22-13(2,3)4/h6-10H2,1-5H3,(H,15,18). The molecule has 0 radical (unpaired) electrons. The van der Waals surface area contributed by atoms with Crippen molar-refractivity contribution in [2.75, 3.05) is 20.2 Å². The quantitative estimate of drug-likeness (QED) is 0.417. The Kier molecular flexibility index (Phi) is 7.83. The number of carbonyl (C=O) groups is 2. The Balaban J connectivity index is 4.67. The maximum Gasteiger partial charge on any atom is 0.407 e. The van der Waals surface area contributed by atoms with Gasteiger partial charge in [0.2, 0.25) is 6.54 Å². The molecule has 1 N–H and O–H groups in total. The number of hydrogen-bond acceptors (Lipinski definition) is 6. The molecule has 8 heteroatoms. The van der Waals surface area contributed by atoms with Crippen molar-refractivity contribution < 1.29 is 24.0 Å². The number of nitrogens with zero attached hydrogens (tertiary/aromatic N) is 1. The molecule has 0 aromatic heterocycles. The first-order valence-corrected chi connectivity index (χ1v) is 7.19. The van der Waals surface area contributed by atoms with E-state index >= 15 is 0 Å². The zero-order valence-corrected chi connectivity index (χ0v) is 13.9. The van der Waals surface area contributed by atoms with Crippen LogP contribution in [0.1, 0.15) is 47.0 Å². The van der Waals surface area contributed by atoms with Gasteiger partial charge in [0.05, 0.1) is 13.5 Å². The highest BCUT2D eigenvalue weighted by Crippen LogP contribution is 2.31. The molecule has 1 amide bonds. The fourth-order valence-electron chi connectivity index (χ4n) is 2.03. The summed E-state index contributed by atoms with van der Waals surface area (Å²) < 4.78 is 9.70. The number of nitro groups is 1. The van der Waals surface area contributed by atoms with Crippen LogP contribution in [0, 0.1) is 15.5 Å². The van der Waals surface area contributed by atoms with E-state index in [-0.39, 0.29) is 19.5 Å². The lowest BCUT2D eigenvalue weighted by atomic mass is 9.78. The minimum Gasteiger partial charge on any atom is -0.469 e. The van der Waals surface area contributed by atoms with Gasteiger partial charge in [-0.15, -0.1) is 0 Å². The van der Waals surface area contributed by atoms with Gasteiger partial charge in [0, 0.05) is 16.9 Å². The van der Waals surface area contributed by atoms with Gasteiger partial charge in [-0.3, -0.25) is 14.9 Å². The Bertz CT molecular complexity index is 405. The molecule has 1 atom stereocenters. The number of nitrogens with one attached hydrogen (secondary N) is 1. The fourth-order valence-corrected chi connectivity index (χ4v) is 2.03. The van der Waals surface area contributed by atoms with E-state index in [1.807, 2.05) is 0 Å². The molecule has 0 bridgehead atoms. The Morgan fingerprint density at radius 3 is 2.27 bits per heavy atom. The van der Waals surface area contributed by atoms with Crippen molar-refractivity contribution >= 4 is 12.1 Å². The number of amides is 1. The summed E-state index contributed by atoms with van der Waals surface area (Å²) in [5.74, 6) is -0.499. The molecule has 0 spiro atoms. The molecule has 22 heavy (non-hydrogen) atoms. The van der Waals surface area contributed by atoms with E-state index in [2.05, 4.69) is 10.1 Å². The maximum absolute atomic E-state index is 11.6. The van der Waals surface area contributed by atoms with Crippen molar-refractivity contribution in [1.82, 2.24) is 5.32 Å². The van der Waals surface area contributed by atoms with Gasteiger partial charge in [0.25, 0.3) is 0 Å². The lowest BCUT2D eigenvalue weighted by Gasteiger charge is -2.28. The van der Waals surface area contributed by atoms with Crippen LogP contribution in [0.3, 0.4) is 0 Å². The van der Waals surface area contributed by atoms with Gasteiger partial charge in [0.15, 0.2) is 0 Å². The minimum atomic E-state index is -0.842. The van der Waals surface area contributed by atoms with E-state index in [9.17, 15) is 19.7 Å². The summed E-state index contributed by atoms with van der Waals surface area (Å²) in [6.07, 6.45) is 0.0752. The topological polar surface area (TPSA) is 108 Å². The van der Waals surface area contributed by atoms with Crippen molar-refractivity contribution in [3.63, 3.8) is 0 Å². The molecule has 0 rings (SSSR count). The largest absolute Gasteiger partial charge is 0.469 e. The summed E-state index contributed by atoms with van der Waals surface area (Å²) in [6.45, 7) is 6.84. The summed E-state index contributed by atoms with van der Waals surface area (Å²) in [7, 11) is 1.24. The van der Waals surface area contributed by atoms with E-state index in [1.165, 1.54) is 7.11 Å². The van der Waals surface area contributed by atoms with E-state index in [4.69, 9.17) is 4.74 Å². The van der Waals surface area contributed by atoms with Crippen molar-refractivity contribution in [3.8, 4) is 0 Å². The molecule has 128 valence electrons. The molecule has 0 heterocycles.